The van der Waals surface area contributed by atoms with Crippen LogP contribution in [0.25, 0.3) is 0 Å². The van der Waals surface area contributed by atoms with Crippen molar-refractivity contribution in [2.24, 2.45) is 5.92 Å². The first-order valence-electron chi connectivity index (χ1n) is 10.4. The van der Waals surface area contributed by atoms with Gasteiger partial charge in [-0.1, -0.05) is 32.0 Å². The van der Waals surface area contributed by atoms with Crippen LogP contribution in [0.4, 0.5) is 17.6 Å². The van der Waals surface area contributed by atoms with Crippen LogP contribution in [0.15, 0.2) is 47.4 Å². The van der Waals surface area contributed by atoms with Gasteiger partial charge in [-0.25, -0.2) is 4.39 Å². The maximum Gasteiger partial charge on any atom is 0.412 e. The van der Waals surface area contributed by atoms with Crippen molar-refractivity contribution in [3.8, 4) is 0 Å². The number of carbonyl (C=O) groups excluding carboxylic acids is 1. The molecule has 32 heavy (non-hydrogen) atoms. The Morgan fingerprint density at radius 1 is 1.16 bits per heavy atom. The predicted octanol–water partition coefficient (Wildman–Crippen LogP) is 5.01. The van der Waals surface area contributed by atoms with Gasteiger partial charge in [0.1, 0.15) is 5.82 Å². The lowest BCUT2D eigenvalue weighted by Crippen LogP contribution is -2.42. The molecule has 0 saturated heterocycles. The third kappa shape index (κ3) is 5.27. The zero-order valence-electron chi connectivity index (χ0n) is 18.2. The Hall–Kier alpha value is -2.10. The maximum atomic E-state index is 14.0. The van der Waals surface area contributed by atoms with Crippen molar-refractivity contribution >= 4 is 17.3 Å². The fourth-order valence-corrected chi connectivity index (χ4v) is 5.26. The van der Waals surface area contributed by atoms with E-state index in [0.29, 0.717) is 19.5 Å². The van der Waals surface area contributed by atoms with E-state index in [0.717, 1.165) is 39.7 Å². The van der Waals surface area contributed by atoms with Gasteiger partial charge in [-0.3, -0.25) is 4.79 Å². The molecule has 0 fully saturated rings. The van der Waals surface area contributed by atoms with E-state index in [4.69, 9.17) is 0 Å². The van der Waals surface area contributed by atoms with Crippen LogP contribution in [0.5, 0.6) is 0 Å². The molecule has 3 rings (SSSR count). The number of amides is 1. The SMILES string of the molecule is CCN([C@H](c1ccc(F)cc1)C(F)(F)F)[S+]([O-])c1ccc2c(c1)CN(C(=O)C(C)C)CC2. The summed E-state index contributed by atoms with van der Waals surface area (Å²) in [5, 5.41) is 0. The van der Waals surface area contributed by atoms with Crippen LogP contribution in [0, 0.1) is 11.7 Å². The summed E-state index contributed by atoms with van der Waals surface area (Å²) in [5.74, 6) is -0.799. The van der Waals surface area contributed by atoms with Gasteiger partial charge in [0, 0.05) is 31.6 Å². The Morgan fingerprint density at radius 2 is 1.81 bits per heavy atom. The Balaban J connectivity index is 1.92. The molecule has 2 aromatic rings. The van der Waals surface area contributed by atoms with Gasteiger partial charge in [-0.15, -0.1) is 4.31 Å². The smallest absolute Gasteiger partial charge is 0.412 e. The Kier molecular flexibility index (Phi) is 7.52. The molecule has 1 unspecified atom stereocenters. The quantitative estimate of drug-likeness (QED) is 0.440. The maximum absolute atomic E-state index is 14.0. The second kappa shape index (κ2) is 9.80. The van der Waals surface area contributed by atoms with Crippen molar-refractivity contribution < 1.29 is 26.9 Å². The molecule has 0 N–H and O–H groups in total. The monoisotopic (exact) mass is 470 g/mol. The van der Waals surface area contributed by atoms with E-state index in [1.165, 1.54) is 6.92 Å². The van der Waals surface area contributed by atoms with Gasteiger partial charge in [-0.05, 0) is 48.2 Å². The van der Waals surface area contributed by atoms with Crippen molar-refractivity contribution in [2.45, 2.75) is 50.9 Å². The normalized spacial score (nSPS) is 16.2. The van der Waals surface area contributed by atoms with Crippen LogP contribution < -0.4 is 0 Å². The molecule has 1 aliphatic rings. The second-order valence-electron chi connectivity index (χ2n) is 8.07. The van der Waals surface area contributed by atoms with Gasteiger partial charge < -0.3 is 9.45 Å². The highest BCUT2D eigenvalue weighted by atomic mass is 32.2. The third-order valence-electron chi connectivity index (χ3n) is 5.51. The van der Waals surface area contributed by atoms with Crippen molar-refractivity contribution in [3.05, 3.63) is 65.0 Å². The number of carbonyl (C=O) groups is 1. The molecule has 4 nitrogen and oxygen atoms in total. The zero-order chi connectivity index (χ0) is 23.6. The van der Waals surface area contributed by atoms with E-state index in [9.17, 15) is 26.9 Å². The predicted molar refractivity (Wildman–Crippen MR) is 114 cm³/mol. The fraction of sp³-hybridized carbons (Fsp3) is 0.435. The van der Waals surface area contributed by atoms with Crippen molar-refractivity contribution in [3.63, 3.8) is 0 Å². The van der Waals surface area contributed by atoms with Crippen LogP contribution in [-0.2, 0) is 29.1 Å². The minimum Gasteiger partial charge on any atom is -0.593 e. The van der Waals surface area contributed by atoms with E-state index < -0.39 is 29.4 Å². The van der Waals surface area contributed by atoms with Gasteiger partial charge in [0.25, 0.3) is 0 Å². The van der Waals surface area contributed by atoms with E-state index >= 15 is 0 Å². The molecule has 2 atom stereocenters. The van der Waals surface area contributed by atoms with E-state index in [2.05, 4.69) is 0 Å². The Bertz CT molecular complexity index is 950. The molecule has 0 spiro atoms. The van der Waals surface area contributed by atoms with E-state index in [-0.39, 0.29) is 28.8 Å². The number of fused-ring (bicyclic) bond motifs is 1. The van der Waals surface area contributed by atoms with Gasteiger partial charge in [-0.2, -0.15) is 13.2 Å². The third-order valence-corrected chi connectivity index (χ3v) is 7.06. The molecule has 1 heterocycles. The minimum absolute atomic E-state index is 0.00538. The average molecular weight is 471 g/mol. The summed E-state index contributed by atoms with van der Waals surface area (Å²) in [7, 11) is 0. The minimum atomic E-state index is -4.71. The highest BCUT2D eigenvalue weighted by Gasteiger charge is 2.49. The molecular weight excluding hydrogens is 444 g/mol. The molecule has 1 aliphatic heterocycles. The standard InChI is InChI=1S/C23H26F4N2O2S/c1-4-29(21(23(25,26)27)17-5-8-19(24)9-6-17)32(31)20-10-7-16-11-12-28(14-18(16)13-20)22(30)15(2)3/h5-10,13,15,21H,4,11-12,14H2,1-3H3/t21-,32?/m1/s1. The van der Waals surface area contributed by atoms with Gasteiger partial charge in [0.2, 0.25) is 5.91 Å². The molecule has 0 bridgehead atoms. The average Bonchev–Trinajstić information content (AvgIpc) is 2.75. The first kappa shape index (κ1) is 24.5. The summed E-state index contributed by atoms with van der Waals surface area (Å²) in [6.07, 6.45) is -4.07. The van der Waals surface area contributed by atoms with Crippen molar-refractivity contribution in [1.82, 2.24) is 9.21 Å². The molecule has 0 aliphatic carbocycles. The van der Waals surface area contributed by atoms with Crippen molar-refractivity contribution in [2.75, 3.05) is 13.1 Å². The van der Waals surface area contributed by atoms with Gasteiger partial charge >= 0.3 is 6.18 Å². The molecule has 174 valence electrons. The fourth-order valence-electron chi connectivity index (χ4n) is 3.89. The summed E-state index contributed by atoms with van der Waals surface area (Å²) in [5.41, 5.74) is 1.60. The molecule has 2 aromatic carbocycles. The van der Waals surface area contributed by atoms with Crippen LogP contribution in [0.1, 0.15) is 43.5 Å². The number of halogens is 4. The summed E-state index contributed by atoms with van der Waals surface area (Å²) in [6.45, 7) is 5.91. The second-order valence-corrected chi connectivity index (χ2v) is 9.51. The lowest BCUT2D eigenvalue weighted by atomic mass is 9.99. The number of hydrogen-bond donors (Lipinski definition) is 0. The number of hydrogen-bond acceptors (Lipinski definition) is 3. The van der Waals surface area contributed by atoms with Gasteiger partial charge in [0.15, 0.2) is 10.9 Å². The van der Waals surface area contributed by atoms with Gasteiger partial charge in [0.05, 0.1) is 11.4 Å². The molecule has 1 amide bonds. The van der Waals surface area contributed by atoms with Crippen LogP contribution in [0.3, 0.4) is 0 Å². The van der Waals surface area contributed by atoms with Crippen LogP contribution in [0.2, 0.25) is 0 Å². The van der Waals surface area contributed by atoms with Crippen LogP contribution in [-0.4, -0.2) is 38.9 Å². The molecule has 9 heteroatoms. The lowest BCUT2D eigenvalue weighted by molar-refractivity contribution is -0.173. The first-order chi connectivity index (χ1) is 15.0. The van der Waals surface area contributed by atoms with E-state index in [1.54, 1.807) is 23.1 Å². The molecule has 0 radical (unpaired) electrons. The zero-order valence-corrected chi connectivity index (χ0v) is 19.0. The Labute approximate surface area is 188 Å². The number of nitrogens with zero attached hydrogens (tertiary/aromatic N) is 2. The van der Waals surface area contributed by atoms with E-state index in [1.807, 2.05) is 13.8 Å². The summed E-state index contributed by atoms with van der Waals surface area (Å²) < 4.78 is 69.4. The topological polar surface area (TPSA) is 46.6 Å². The highest BCUT2D eigenvalue weighted by molar-refractivity contribution is 7.89. The number of alkyl halides is 3. The first-order valence-corrected chi connectivity index (χ1v) is 11.5. The largest absolute Gasteiger partial charge is 0.593 e. The number of rotatable bonds is 6. The molecular formula is C23H26F4N2O2S. The molecule has 0 aromatic heterocycles. The number of benzene rings is 2. The van der Waals surface area contributed by atoms with Crippen molar-refractivity contribution in [1.29, 1.82) is 0 Å². The van der Waals surface area contributed by atoms with Crippen LogP contribution >= 0.6 is 0 Å². The Morgan fingerprint density at radius 3 is 2.38 bits per heavy atom. The summed E-state index contributed by atoms with van der Waals surface area (Å²) in [6, 6.07) is 6.89. The summed E-state index contributed by atoms with van der Waals surface area (Å²) >= 11 is -2.12. The summed E-state index contributed by atoms with van der Waals surface area (Å²) in [4.78, 5) is 14.3. The highest BCUT2D eigenvalue weighted by Crippen LogP contribution is 2.40. The molecule has 0 saturated carbocycles. The lowest BCUT2D eigenvalue weighted by Gasteiger charge is -2.33.